The lowest BCUT2D eigenvalue weighted by atomic mass is 9.87. The minimum Gasteiger partial charge on any atom is -0.165 e. The van der Waals surface area contributed by atoms with E-state index in [1.807, 2.05) is 11.8 Å². The van der Waals surface area contributed by atoms with Gasteiger partial charge in [0.25, 0.3) is 0 Å². The molecular formula is C11H14S. The Kier molecular flexibility index (Phi) is 2.40. The maximum Gasteiger partial charge on any atom is -0.00298 e. The number of benzene rings is 1. The lowest BCUT2D eigenvalue weighted by molar-refractivity contribution is 0.834. The van der Waals surface area contributed by atoms with Gasteiger partial charge in [0.05, 0.1) is 0 Å². The predicted molar refractivity (Wildman–Crippen MR) is 55.9 cm³/mol. The molecule has 0 amide bonds. The van der Waals surface area contributed by atoms with E-state index in [9.17, 15) is 0 Å². The van der Waals surface area contributed by atoms with Crippen molar-refractivity contribution in [1.29, 1.82) is 0 Å². The van der Waals surface area contributed by atoms with Crippen molar-refractivity contribution >= 4 is 11.8 Å². The molecule has 0 atom stereocenters. The second-order valence-corrected chi connectivity index (χ2v) is 4.33. The topological polar surface area (TPSA) is 0 Å². The molecule has 1 aliphatic rings. The molecule has 12 heavy (non-hydrogen) atoms. The van der Waals surface area contributed by atoms with Crippen molar-refractivity contribution < 1.29 is 0 Å². The van der Waals surface area contributed by atoms with E-state index in [4.69, 9.17) is 0 Å². The van der Waals surface area contributed by atoms with E-state index in [2.05, 4.69) is 24.5 Å². The van der Waals surface area contributed by atoms with Crippen LogP contribution < -0.4 is 0 Å². The molecule has 0 heterocycles. The van der Waals surface area contributed by atoms with Gasteiger partial charge in [0.1, 0.15) is 0 Å². The third-order valence-corrected chi connectivity index (χ3v) is 3.14. The van der Waals surface area contributed by atoms with Crippen LogP contribution in [0.1, 0.15) is 16.7 Å². The molecule has 0 unspecified atom stereocenters. The first-order valence-electron chi connectivity index (χ1n) is 4.50. The summed E-state index contributed by atoms with van der Waals surface area (Å²) in [4.78, 5) is 0. The summed E-state index contributed by atoms with van der Waals surface area (Å²) in [6, 6.07) is 6.97. The van der Waals surface area contributed by atoms with E-state index in [1.54, 1.807) is 11.1 Å². The van der Waals surface area contributed by atoms with Gasteiger partial charge in [-0.25, -0.2) is 0 Å². The standard InChI is InChI=1S/C11H14S/c1-12-7-6-9-2-3-10-4-5-11(10)8-9/h2-3,8H,4-7H2,1H3. The van der Waals surface area contributed by atoms with Crippen LogP contribution in [-0.2, 0) is 19.3 Å². The lowest BCUT2D eigenvalue weighted by Crippen LogP contribution is -2.08. The molecule has 0 fully saturated rings. The Morgan fingerprint density at radius 1 is 1.25 bits per heavy atom. The van der Waals surface area contributed by atoms with Gasteiger partial charge in [-0.2, -0.15) is 11.8 Å². The van der Waals surface area contributed by atoms with Crippen LogP contribution in [0.15, 0.2) is 18.2 Å². The maximum absolute atomic E-state index is 2.38. The molecule has 64 valence electrons. The molecule has 0 nitrogen and oxygen atoms in total. The minimum atomic E-state index is 1.23. The van der Waals surface area contributed by atoms with Crippen molar-refractivity contribution in [3.8, 4) is 0 Å². The van der Waals surface area contributed by atoms with Crippen molar-refractivity contribution in [3.63, 3.8) is 0 Å². The summed E-state index contributed by atoms with van der Waals surface area (Å²) in [6.45, 7) is 0. The summed E-state index contributed by atoms with van der Waals surface area (Å²) in [5.41, 5.74) is 4.68. The molecule has 0 aliphatic heterocycles. The first-order chi connectivity index (χ1) is 5.90. The summed E-state index contributed by atoms with van der Waals surface area (Å²) in [5.74, 6) is 1.25. The Balaban J connectivity index is 2.08. The Morgan fingerprint density at radius 2 is 2.08 bits per heavy atom. The van der Waals surface area contributed by atoms with E-state index < -0.39 is 0 Å². The quantitative estimate of drug-likeness (QED) is 0.685. The van der Waals surface area contributed by atoms with Gasteiger partial charge >= 0.3 is 0 Å². The van der Waals surface area contributed by atoms with Gasteiger partial charge in [0.15, 0.2) is 0 Å². The van der Waals surface area contributed by atoms with Gasteiger partial charge < -0.3 is 0 Å². The van der Waals surface area contributed by atoms with Crippen LogP contribution in [0.3, 0.4) is 0 Å². The highest BCUT2D eigenvalue weighted by Gasteiger charge is 2.11. The molecule has 1 heteroatoms. The van der Waals surface area contributed by atoms with Gasteiger partial charge in [-0.1, -0.05) is 18.2 Å². The molecule has 0 spiro atoms. The van der Waals surface area contributed by atoms with Gasteiger partial charge in [-0.15, -0.1) is 0 Å². The van der Waals surface area contributed by atoms with E-state index in [1.165, 1.54) is 30.6 Å². The van der Waals surface area contributed by atoms with Crippen LogP contribution >= 0.6 is 11.8 Å². The second kappa shape index (κ2) is 3.53. The fourth-order valence-electron chi connectivity index (χ4n) is 1.62. The molecule has 1 aliphatic carbocycles. The predicted octanol–water partition coefficient (Wildman–Crippen LogP) is 2.69. The molecule has 0 N–H and O–H groups in total. The summed E-state index contributed by atoms with van der Waals surface area (Å²) < 4.78 is 0. The summed E-state index contributed by atoms with van der Waals surface area (Å²) >= 11 is 1.92. The van der Waals surface area contributed by atoms with Crippen LogP contribution in [-0.4, -0.2) is 12.0 Å². The van der Waals surface area contributed by atoms with Crippen LogP contribution in [0.4, 0.5) is 0 Å². The molecular weight excluding hydrogens is 164 g/mol. The zero-order valence-corrected chi connectivity index (χ0v) is 8.29. The molecule has 1 aromatic carbocycles. The van der Waals surface area contributed by atoms with Gasteiger partial charge in [0, 0.05) is 0 Å². The smallest absolute Gasteiger partial charge is 0.00298 e. The monoisotopic (exact) mass is 178 g/mol. The zero-order valence-electron chi connectivity index (χ0n) is 7.47. The number of thioether (sulfide) groups is 1. The van der Waals surface area contributed by atoms with Crippen molar-refractivity contribution in [2.75, 3.05) is 12.0 Å². The number of hydrogen-bond donors (Lipinski definition) is 0. The largest absolute Gasteiger partial charge is 0.165 e. The van der Waals surface area contributed by atoms with E-state index in [0.29, 0.717) is 0 Å². The molecule has 2 rings (SSSR count). The van der Waals surface area contributed by atoms with E-state index in [-0.39, 0.29) is 0 Å². The Morgan fingerprint density at radius 3 is 2.67 bits per heavy atom. The number of aryl methyl sites for hydroxylation is 3. The molecule has 0 bridgehead atoms. The molecule has 0 aromatic heterocycles. The first-order valence-corrected chi connectivity index (χ1v) is 5.89. The minimum absolute atomic E-state index is 1.23. The molecule has 0 radical (unpaired) electrons. The fraction of sp³-hybridized carbons (Fsp3) is 0.455. The SMILES string of the molecule is CSCCc1ccc2c(c1)CC2. The van der Waals surface area contributed by atoms with Crippen LogP contribution in [0, 0.1) is 0 Å². The Labute approximate surface area is 78.4 Å². The van der Waals surface area contributed by atoms with Crippen molar-refractivity contribution in [2.24, 2.45) is 0 Å². The molecule has 0 saturated carbocycles. The fourth-order valence-corrected chi connectivity index (χ4v) is 2.06. The average molecular weight is 178 g/mol. The van der Waals surface area contributed by atoms with Crippen molar-refractivity contribution in [2.45, 2.75) is 19.3 Å². The number of rotatable bonds is 3. The number of fused-ring (bicyclic) bond motifs is 1. The average Bonchev–Trinajstić information content (AvgIpc) is 2.05. The summed E-state index contributed by atoms with van der Waals surface area (Å²) in [6.07, 6.45) is 6.01. The second-order valence-electron chi connectivity index (χ2n) is 3.35. The third-order valence-electron chi connectivity index (χ3n) is 2.53. The first kappa shape index (κ1) is 8.18. The van der Waals surface area contributed by atoms with E-state index in [0.717, 1.165) is 0 Å². The third kappa shape index (κ3) is 1.51. The van der Waals surface area contributed by atoms with Gasteiger partial charge in [-0.05, 0) is 48.0 Å². The summed E-state index contributed by atoms with van der Waals surface area (Å²) in [7, 11) is 0. The lowest BCUT2D eigenvalue weighted by Gasteiger charge is -2.19. The van der Waals surface area contributed by atoms with Crippen molar-refractivity contribution in [1.82, 2.24) is 0 Å². The summed E-state index contributed by atoms with van der Waals surface area (Å²) in [5, 5.41) is 0. The highest BCUT2D eigenvalue weighted by atomic mass is 32.2. The zero-order chi connectivity index (χ0) is 8.39. The van der Waals surface area contributed by atoms with Crippen LogP contribution in [0.25, 0.3) is 0 Å². The Hall–Kier alpha value is -0.430. The normalized spacial score (nSPS) is 13.8. The number of hydrogen-bond acceptors (Lipinski definition) is 1. The molecule has 1 aromatic rings. The van der Waals surface area contributed by atoms with Crippen LogP contribution in [0.5, 0.6) is 0 Å². The van der Waals surface area contributed by atoms with Gasteiger partial charge in [0.2, 0.25) is 0 Å². The maximum atomic E-state index is 2.38. The van der Waals surface area contributed by atoms with Crippen LogP contribution in [0.2, 0.25) is 0 Å². The highest BCUT2D eigenvalue weighted by molar-refractivity contribution is 7.98. The van der Waals surface area contributed by atoms with E-state index >= 15 is 0 Å². The van der Waals surface area contributed by atoms with Gasteiger partial charge in [-0.3, -0.25) is 0 Å². The highest BCUT2D eigenvalue weighted by Crippen LogP contribution is 2.23. The van der Waals surface area contributed by atoms with Crippen molar-refractivity contribution in [3.05, 3.63) is 34.9 Å². The molecule has 0 saturated heterocycles. The Bertz CT molecular complexity index is 278.